The molecule has 1 saturated heterocycles. The zero-order valence-corrected chi connectivity index (χ0v) is 40.4. The molecule has 65 heavy (non-hydrogen) atoms. The molecule has 3 aromatic rings. The number of carboxylic acids is 4. The maximum absolute atomic E-state index is 12.4. The summed E-state index contributed by atoms with van der Waals surface area (Å²) in [4.78, 5) is 119. The van der Waals surface area contributed by atoms with Crippen LogP contribution in [-0.2, 0) is 56.3 Å². The molecular formula is C42H48EuN8NaO13. The van der Waals surface area contributed by atoms with Crippen molar-refractivity contribution in [3.8, 4) is 22.8 Å². The van der Waals surface area contributed by atoms with Crippen molar-refractivity contribution in [2.24, 2.45) is 0 Å². The fourth-order valence-electron chi connectivity index (χ4n) is 6.74. The molecule has 0 bridgehead atoms. The Hall–Kier alpha value is -4.16. The predicted molar refractivity (Wildman–Crippen MR) is 209 cm³/mol. The minimum absolute atomic E-state index is 0. The molecule has 0 saturated carbocycles. The van der Waals surface area contributed by atoms with Crippen LogP contribution >= 0.6 is 0 Å². The van der Waals surface area contributed by atoms with Crippen LogP contribution in [0.4, 0.5) is 0 Å². The van der Waals surface area contributed by atoms with Gasteiger partial charge in [-0.15, -0.1) is 5.06 Å². The molecule has 0 aliphatic carbocycles. The van der Waals surface area contributed by atoms with Gasteiger partial charge < -0.3 is 49.8 Å². The van der Waals surface area contributed by atoms with Gasteiger partial charge in [-0.2, -0.15) is 0 Å². The number of amides is 3. The molecule has 1 fully saturated rings. The van der Waals surface area contributed by atoms with Crippen molar-refractivity contribution in [2.75, 3.05) is 26.2 Å². The van der Waals surface area contributed by atoms with E-state index in [2.05, 4.69) is 25.3 Å². The maximum atomic E-state index is 12.4. The van der Waals surface area contributed by atoms with Crippen molar-refractivity contribution in [1.29, 1.82) is 0 Å². The Labute approximate surface area is 437 Å². The van der Waals surface area contributed by atoms with Crippen LogP contribution < -0.4 is 55.3 Å². The molecule has 0 spiro atoms. The minimum Gasteiger partial charge on any atom is -0.549 e. The zero-order valence-electron chi connectivity index (χ0n) is 35.9. The van der Waals surface area contributed by atoms with E-state index in [1.54, 1.807) is 36.4 Å². The smallest absolute Gasteiger partial charge is 0.549 e. The number of carboxylic acid groups (broad SMARTS) is 4. The van der Waals surface area contributed by atoms with Gasteiger partial charge >= 0.3 is 84.9 Å². The number of pyridine rings is 2. The van der Waals surface area contributed by atoms with Crippen LogP contribution in [0.25, 0.3) is 22.8 Å². The summed E-state index contributed by atoms with van der Waals surface area (Å²) >= 11 is 0. The van der Waals surface area contributed by atoms with Gasteiger partial charge in [0.05, 0.1) is 65.1 Å². The van der Waals surface area contributed by atoms with E-state index in [-0.39, 0.29) is 130 Å². The third-order valence-corrected chi connectivity index (χ3v) is 9.73. The Balaban J connectivity index is 0.00000726. The first-order chi connectivity index (χ1) is 30.2. The molecule has 4 heterocycles. The van der Waals surface area contributed by atoms with Crippen molar-refractivity contribution < 1.29 is 143 Å². The second-order valence-electron chi connectivity index (χ2n) is 14.8. The molecule has 4 rings (SSSR count). The summed E-state index contributed by atoms with van der Waals surface area (Å²) in [5.41, 5.74) is 1.93. The second-order valence-corrected chi connectivity index (χ2v) is 14.8. The Kier molecular flexibility index (Phi) is 26.5. The van der Waals surface area contributed by atoms with Crippen LogP contribution in [0.2, 0.25) is 0 Å². The molecule has 342 valence electrons. The number of aromatic nitrogens is 4. The molecule has 1 aliphatic rings. The normalized spacial score (nSPS) is 12.6. The van der Waals surface area contributed by atoms with Crippen LogP contribution in [0.3, 0.4) is 0 Å². The van der Waals surface area contributed by atoms with Crippen LogP contribution in [0.5, 0.6) is 0 Å². The summed E-state index contributed by atoms with van der Waals surface area (Å²) in [7, 11) is 0. The molecular weight excluding hydrogens is 999 g/mol. The molecule has 1 atom stereocenters. The van der Waals surface area contributed by atoms with E-state index in [1.807, 2.05) is 0 Å². The van der Waals surface area contributed by atoms with E-state index < -0.39 is 67.3 Å². The molecule has 0 aromatic carbocycles. The molecule has 0 radical (unpaired) electrons. The number of aliphatic carboxylic acids is 4. The topological polar surface area (TPSA) is 311 Å². The largest absolute Gasteiger partial charge is 3.00 e. The molecule has 3 aromatic heterocycles. The van der Waals surface area contributed by atoms with Crippen LogP contribution in [0, 0.1) is 49.4 Å². The average Bonchev–Trinajstić information content (AvgIpc) is 3.54. The Bertz CT molecular complexity index is 2080. The Morgan fingerprint density at radius 2 is 1.18 bits per heavy atom. The number of hydroxylamine groups is 2. The summed E-state index contributed by atoms with van der Waals surface area (Å²) in [6, 6.07) is 8.38. The van der Waals surface area contributed by atoms with Crippen molar-refractivity contribution in [3.05, 3.63) is 60.2 Å². The van der Waals surface area contributed by atoms with Crippen LogP contribution in [0.15, 0.2) is 48.8 Å². The quantitative estimate of drug-likeness (QED) is 0.0385. The zero-order chi connectivity index (χ0) is 45.7. The first kappa shape index (κ1) is 57.0. The van der Waals surface area contributed by atoms with Gasteiger partial charge in [0.15, 0.2) is 0 Å². The number of nitrogens with one attached hydrogen (secondary N) is 1. The number of nitrogens with zero attached hydrogens (tertiary/aromatic N) is 7. The van der Waals surface area contributed by atoms with Gasteiger partial charge in [0.1, 0.15) is 11.4 Å². The number of imide groups is 1. The summed E-state index contributed by atoms with van der Waals surface area (Å²) in [5, 5.41) is 49.6. The van der Waals surface area contributed by atoms with E-state index in [0.717, 1.165) is 30.6 Å². The molecule has 23 heteroatoms. The molecule has 1 aliphatic heterocycles. The monoisotopic (exact) mass is 1050 g/mol. The molecule has 1 N–H and O–H groups in total. The van der Waals surface area contributed by atoms with Gasteiger partial charge in [-0.25, -0.2) is 19.7 Å². The maximum Gasteiger partial charge on any atom is 3.00 e. The fourth-order valence-corrected chi connectivity index (χ4v) is 6.74. The van der Waals surface area contributed by atoms with E-state index in [4.69, 9.17) is 4.84 Å². The molecule has 21 nitrogen and oxygen atoms in total. The van der Waals surface area contributed by atoms with Gasteiger partial charge in [-0.3, -0.25) is 29.2 Å². The third kappa shape index (κ3) is 20.9. The summed E-state index contributed by atoms with van der Waals surface area (Å²) in [5.74, 6) is -7.74. The van der Waals surface area contributed by atoms with Gasteiger partial charge in [0.2, 0.25) is 5.91 Å². The van der Waals surface area contributed by atoms with Crippen LogP contribution in [-0.4, -0.2) is 115 Å². The van der Waals surface area contributed by atoms with Gasteiger partial charge in [0.25, 0.3) is 11.8 Å². The average molecular weight is 1050 g/mol. The number of carbonyl (C=O) groups excluding carboxylic acids is 8. The van der Waals surface area contributed by atoms with Crippen LogP contribution in [0.1, 0.15) is 94.9 Å². The first-order valence-corrected chi connectivity index (χ1v) is 20.5. The number of hydrogen-bond acceptors (Lipinski definition) is 19. The molecule has 3 amide bonds. The van der Waals surface area contributed by atoms with Gasteiger partial charge in [0, 0.05) is 65.0 Å². The summed E-state index contributed by atoms with van der Waals surface area (Å²) < 4.78 is 0. The van der Waals surface area contributed by atoms with Gasteiger partial charge in [-0.1, -0.05) is 37.8 Å². The number of rotatable bonds is 29. The van der Waals surface area contributed by atoms with Crippen molar-refractivity contribution >= 4 is 47.6 Å². The molecule has 0 unspecified atom stereocenters. The first-order valence-electron chi connectivity index (χ1n) is 20.5. The van der Waals surface area contributed by atoms with E-state index in [9.17, 15) is 58.8 Å². The standard InChI is InChI=1S/C42H52N8O13.Eu.Na/c51-35(16-5-3-1-2-4-6-17-41(60)63-50-36(52)18-19-37(50)53)44-20-8-7-15-34(42(61)62)49(27-40(58)59)24-29-12-10-14-31(46-29)33-22-43-21-32(47-33)30-13-9-11-28(45-30)23-48(25-38(54)55)26-39(56)57;;/h9-14,21-22,34H,1-8,15-20,23-27H2,(H,44,51)(H,54,55)(H,56,57)(H,58,59)(H,61,62);;/q;+3;+1/p-4/t34-;;/m0../s1. The van der Waals surface area contributed by atoms with E-state index >= 15 is 0 Å². The number of hydrogen-bond donors (Lipinski definition) is 1. The predicted octanol–water partition coefficient (Wildman–Crippen LogP) is -5.41. The fraction of sp³-hybridized carbons (Fsp3) is 0.476. The van der Waals surface area contributed by atoms with Crippen molar-refractivity contribution in [1.82, 2.24) is 40.1 Å². The minimum atomic E-state index is -1.50. The van der Waals surface area contributed by atoms with E-state index in [0.29, 0.717) is 71.3 Å². The number of carbonyl (C=O) groups is 8. The van der Waals surface area contributed by atoms with Crippen molar-refractivity contribution in [2.45, 2.75) is 103 Å². The Morgan fingerprint density at radius 1 is 0.662 bits per heavy atom. The number of unbranched alkanes of at least 4 members (excludes halogenated alkanes) is 6. The summed E-state index contributed by atoms with van der Waals surface area (Å²) in [6.07, 6.45) is 8.55. The van der Waals surface area contributed by atoms with Crippen molar-refractivity contribution in [3.63, 3.8) is 0 Å². The Morgan fingerprint density at radius 3 is 1.72 bits per heavy atom. The third-order valence-electron chi connectivity index (χ3n) is 9.73. The van der Waals surface area contributed by atoms with Gasteiger partial charge in [-0.05, 0) is 56.4 Å². The summed E-state index contributed by atoms with van der Waals surface area (Å²) in [6.45, 7) is -2.08. The second kappa shape index (κ2) is 30.2. The SMILES string of the molecule is O=C([O-])CN(CC(=O)[O-])Cc1cccc(-c2cncc(-c3cccc(CN(CC(=O)[O-])[C@@H](CCCCNC(=O)CCCCCCCCC(=O)ON4C(=O)CCC4=O)C(=O)[O-])n3)n2)n1.[Eu+3].[Na+]. The van der Waals surface area contributed by atoms with E-state index in [1.165, 1.54) is 17.3 Å².